The van der Waals surface area contributed by atoms with E-state index in [1.165, 1.54) is 16.7 Å². The Morgan fingerprint density at radius 1 is 0.968 bits per heavy atom. The van der Waals surface area contributed by atoms with Crippen LogP contribution in [0.15, 0.2) is 48.5 Å². The quantitative estimate of drug-likeness (QED) is 0.154. The molecule has 0 aliphatic heterocycles. The molecular weight excluding hydrogens is 388 g/mol. The third kappa shape index (κ3) is 5.93. The van der Waals surface area contributed by atoms with Crippen LogP contribution in [0, 0.1) is 0 Å². The van der Waals surface area contributed by atoms with Gasteiger partial charge >= 0.3 is 5.97 Å². The summed E-state index contributed by atoms with van der Waals surface area (Å²) in [6.07, 6.45) is 8.35. The Morgan fingerprint density at radius 3 is 2.39 bits per heavy atom. The Bertz CT molecular complexity index is 952. The molecule has 1 aliphatic rings. The van der Waals surface area contributed by atoms with Crippen LogP contribution in [0.1, 0.15) is 73.1 Å². The molecule has 0 fully saturated rings. The second-order valence-electron chi connectivity index (χ2n) is 8.28. The predicted molar refractivity (Wildman–Crippen MR) is 126 cm³/mol. The van der Waals surface area contributed by atoms with E-state index >= 15 is 0 Å². The molecule has 0 aromatic heterocycles. The van der Waals surface area contributed by atoms with Crippen LogP contribution in [0.3, 0.4) is 0 Å². The van der Waals surface area contributed by atoms with E-state index in [2.05, 4.69) is 50.3 Å². The van der Waals surface area contributed by atoms with Crippen molar-refractivity contribution >= 4 is 23.7 Å². The van der Waals surface area contributed by atoms with Gasteiger partial charge in [-0.25, -0.2) is 14.6 Å². The molecule has 0 radical (unpaired) electrons. The van der Waals surface area contributed by atoms with Crippen molar-refractivity contribution in [2.45, 2.75) is 46.0 Å². The third-order valence-corrected chi connectivity index (χ3v) is 5.52. The molecule has 31 heavy (non-hydrogen) atoms. The topological polar surface area (TPSA) is 44.8 Å². The Balaban J connectivity index is 1.77. The fourth-order valence-electron chi connectivity index (χ4n) is 3.79. The first-order valence-electron chi connectivity index (χ1n) is 11.0. The summed E-state index contributed by atoms with van der Waals surface area (Å²) < 4.78 is 5.04. The lowest BCUT2D eigenvalue weighted by Crippen LogP contribution is -2.22. The van der Waals surface area contributed by atoms with Crippen LogP contribution in [0.25, 0.3) is 17.7 Å². The highest BCUT2D eigenvalue weighted by atomic mass is 17.2. The second kappa shape index (κ2) is 10.6. The maximum Gasteiger partial charge on any atom is 0.338 e. The molecule has 0 saturated carbocycles. The molecule has 1 aliphatic carbocycles. The Labute approximate surface area is 185 Å². The van der Waals surface area contributed by atoms with Gasteiger partial charge in [-0.2, -0.15) is 0 Å². The minimum Gasteiger partial charge on any atom is -0.462 e. The maximum atomic E-state index is 11.8. The molecule has 0 spiro atoms. The highest BCUT2D eigenvalue weighted by Crippen LogP contribution is 2.40. The van der Waals surface area contributed by atoms with Crippen molar-refractivity contribution in [2.24, 2.45) is 0 Å². The smallest absolute Gasteiger partial charge is 0.338 e. The van der Waals surface area contributed by atoms with Crippen molar-refractivity contribution in [3.05, 3.63) is 76.4 Å². The van der Waals surface area contributed by atoms with E-state index in [0.717, 1.165) is 24.0 Å². The Morgan fingerprint density at radius 2 is 1.68 bits per heavy atom. The summed E-state index contributed by atoms with van der Waals surface area (Å²) in [5.74, 6) is -0.289. The van der Waals surface area contributed by atoms with Crippen molar-refractivity contribution in [2.75, 3.05) is 19.8 Å². The van der Waals surface area contributed by atoms with Gasteiger partial charge in [-0.15, -0.1) is 0 Å². The van der Waals surface area contributed by atoms with Gasteiger partial charge in [0, 0.05) is 0 Å². The van der Waals surface area contributed by atoms with Gasteiger partial charge in [-0.3, -0.25) is 0 Å². The molecule has 0 saturated heterocycles. The van der Waals surface area contributed by atoms with E-state index in [1.54, 1.807) is 19.1 Å². The van der Waals surface area contributed by atoms with Crippen LogP contribution in [0.2, 0.25) is 0 Å². The molecule has 4 nitrogen and oxygen atoms in total. The fourth-order valence-corrected chi connectivity index (χ4v) is 3.79. The number of hydrogen-bond acceptors (Lipinski definition) is 4. The average Bonchev–Trinajstić information content (AvgIpc) is 2.77. The van der Waals surface area contributed by atoms with E-state index in [4.69, 9.17) is 14.5 Å². The minimum absolute atomic E-state index is 0.116. The van der Waals surface area contributed by atoms with E-state index in [1.807, 2.05) is 19.1 Å². The average molecular weight is 421 g/mol. The van der Waals surface area contributed by atoms with Gasteiger partial charge in [0.2, 0.25) is 0 Å². The monoisotopic (exact) mass is 420 g/mol. The normalized spacial score (nSPS) is 14.9. The first kappa shape index (κ1) is 23.0. The molecule has 0 atom stereocenters. The van der Waals surface area contributed by atoms with Crippen LogP contribution in [0.5, 0.6) is 0 Å². The van der Waals surface area contributed by atoms with Gasteiger partial charge < -0.3 is 4.74 Å². The molecule has 2 aromatic carbocycles. The molecule has 3 rings (SSSR count). The second-order valence-corrected chi connectivity index (χ2v) is 8.28. The molecule has 164 valence electrons. The van der Waals surface area contributed by atoms with E-state index in [-0.39, 0.29) is 11.4 Å². The lowest BCUT2D eigenvalue weighted by molar-refractivity contribution is -0.289. The van der Waals surface area contributed by atoms with Gasteiger partial charge in [0.25, 0.3) is 0 Å². The summed E-state index contributed by atoms with van der Waals surface area (Å²) in [7, 11) is 0. The van der Waals surface area contributed by atoms with Crippen LogP contribution in [-0.4, -0.2) is 25.8 Å². The fraction of sp³-hybridized carbons (Fsp3) is 0.370. The van der Waals surface area contributed by atoms with Crippen LogP contribution in [0.4, 0.5) is 0 Å². The minimum atomic E-state index is -0.289. The maximum absolute atomic E-state index is 11.8. The van der Waals surface area contributed by atoms with Gasteiger partial charge in [-0.1, -0.05) is 56.3 Å². The first-order valence-corrected chi connectivity index (χ1v) is 11.0. The van der Waals surface area contributed by atoms with Crippen molar-refractivity contribution in [3.8, 4) is 0 Å². The lowest BCUT2D eigenvalue weighted by Gasteiger charge is -2.32. The summed E-state index contributed by atoms with van der Waals surface area (Å²) in [5.41, 5.74) is 6.83. The summed E-state index contributed by atoms with van der Waals surface area (Å²) in [5, 5.41) is 0. The van der Waals surface area contributed by atoms with E-state index in [9.17, 15) is 4.79 Å². The number of allylic oxidation sites excluding steroid dienone is 1. The number of carbonyl (C=O) groups excluding carboxylic acids is 1. The van der Waals surface area contributed by atoms with Gasteiger partial charge in [0.1, 0.15) is 0 Å². The van der Waals surface area contributed by atoms with E-state index < -0.39 is 0 Å². The number of esters is 1. The van der Waals surface area contributed by atoms with Crippen molar-refractivity contribution < 1.29 is 19.3 Å². The van der Waals surface area contributed by atoms with Crippen molar-refractivity contribution in [1.29, 1.82) is 0 Å². The summed E-state index contributed by atoms with van der Waals surface area (Å²) in [6, 6.07) is 14.1. The summed E-state index contributed by atoms with van der Waals surface area (Å²) in [4.78, 5) is 22.1. The van der Waals surface area contributed by atoms with Crippen molar-refractivity contribution in [3.63, 3.8) is 0 Å². The lowest BCUT2D eigenvalue weighted by atomic mass is 9.72. The highest BCUT2D eigenvalue weighted by Gasteiger charge is 2.27. The number of benzene rings is 2. The molecule has 0 bridgehead atoms. The molecule has 4 heteroatoms. The number of rotatable bonds is 9. The Hall–Kier alpha value is -2.69. The number of fused-ring (bicyclic) bond motifs is 1. The zero-order valence-electron chi connectivity index (χ0n) is 18.9. The number of hydrogen-bond donors (Lipinski definition) is 0. The largest absolute Gasteiger partial charge is 0.462 e. The highest BCUT2D eigenvalue weighted by molar-refractivity contribution is 5.89. The van der Waals surface area contributed by atoms with Gasteiger partial charge in [0.05, 0.1) is 25.4 Å². The molecule has 0 heterocycles. The summed E-state index contributed by atoms with van der Waals surface area (Å²) in [6.45, 7) is 9.78. The SMILES string of the molecule is CCOOCCC1=CCC(C)(C)c2ccc(C=Cc3ccc(C(=O)OCC)cc3)cc21. The zero-order chi connectivity index (χ0) is 22.3. The molecule has 0 N–H and O–H groups in total. The molecule has 0 amide bonds. The predicted octanol–water partition coefficient (Wildman–Crippen LogP) is 6.46. The molecule has 2 aromatic rings. The van der Waals surface area contributed by atoms with Crippen LogP contribution < -0.4 is 0 Å². The van der Waals surface area contributed by atoms with Crippen LogP contribution in [-0.2, 0) is 19.9 Å². The van der Waals surface area contributed by atoms with E-state index in [0.29, 0.717) is 25.4 Å². The molecule has 0 unspecified atom stereocenters. The molecular formula is C27H32O4. The van der Waals surface area contributed by atoms with Gasteiger partial charge in [-0.05, 0) is 78.1 Å². The first-order chi connectivity index (χ1) is 14.9. The third-order valence-electron chi connectivity index (χ3n) is 5.52. The summed E-state index contributed by atoms with van der Waals surface area (Å²) >= 11 is 0. The van der Waals surface area contributed by atoms with Crippen LogP contribution >= 0.6 is 0 Å². The number of carbonyl (C=O) groups is 1. The zero-order valence-corrected chi connectivity index (χ0v) is 18.9. The number of ether oxygens (including phenoxy) is 1. The standard InChI is InChI=1S/C27H32O4/c1-5-29-26(28)23-12-9-20(10-13-23)7-8-21-11-14-25-24(19-21)22(15-17-27(25,3)4)16-18-31-30-6-2/h7-15,19H,5-6,16-18H2,1-4H3. The van der Waals surface area contributed by atoms with Crippen molar-refractivity contribution in [1.82, 2.24) is 0 Å². The Kier molecular flexibility index (Phi) is 7.83. The van der Waals surface area contributed by atoms with Gasteiger partial charge in [0.15, 0.2) is 0 Å².